The molecule has 0 saturated carbocycles. The quantitative estimate of drug-likeness (QED) is 0.475. The first-order valence-electron chi connectivity index (χ1n) is 8.81. The largest absolute Gasteiger partial charge is 0.478 e. The number of carbonyl (C=O) groups is 2. The second-order valence-corrected chi connectivity index (χ2v) is 6.02. The van der Waals surface area contributed by atoms with Crippen LogP contribution in [-0.4, -0.2) is 42.7 Å². The SMILES string of the molecule is C=C(CC1COC(C)O1)C(=O)O.C=CC(=O)OCC(CC)CCCC. The third kappa shape index (κ3) is 11.5. The highest BCUT2D eigenvalue weighted by Gasteiger charge is 2.24. The predicted molar refractivity (Wildman–Crippen MR) is 96.1 cm³/mol. The molecule has 3 atom stereocenters. The van der Waals surface area contributed by atoms with Crippen molar-refractivity contribution in [2.24, 2.45) is 5.92 Å². The Hall–Kier alpha value is -1.66. The van der Waals surface area contributed by atoms with Crippen LogP contribution in [0.2, 0.25) is 0 Å². The van der Waals surface area contributed by atoms with Crippen LogP contribution in [0.25, 0.3) is 0 Å². The Morgan fingerprint density at radius 2 is 2.08 bits per heavy atom. The lowest BCUT2D eigenvalue weighted by atomic mass is 10.0. The van der Waals surface area contributed by atoms with Crippen molar-refractivity contribution in [1.29, 1.82) is 0 Å². The summed E-state index contributed by atoms with van der Waals surface area (Å²) >= 11 is 0. The van der Waals surface area contributed by atoms with E-state index in [0.717, 1.165) is 12.8 Å². The van der Waals surface area contributed by atoms with Gasteiger partial charge in [0.25, 0.3) is 0 Å². The monoisotopic (exact) mass is 356 g/mol. The maximum Gasteiger partial charge on any atom is 0.331 e. The third-order valence-electron chi connectivity index (χ3n) is 3.85. The van der Waals surface area contributed by atoms with Crippen molar-refractivity contribution >= 4 is 11.9 Å². The second-order valence-electron chi connectivity index (χ2n) is 6.02. The Labute approximate surface area is 150 Å². The summed E-state index contributed by atoms with van der Waals surface area (Å²) in [4.78, 5) is 21.1. The Morgan fingerprint density at radius 1 is 1.40 bits per heavy atom. The summed E-state index contributed by atoms with van der Waals surface area (Å²) in [6, 6.07) is 0. The number of unbranched alkanes of at least 4 members (excludes halogenated alkanes) is 1. The highest BCUT2D eigenvalue weighted by atomic mass is 16.7. The number of aliphatic carboxylic acids is 1. The summed E-state index contributed by atoms with van der Waals surface area (Å²) < 4.78 is 15.3. The van der Waals surface area contributed by atoms with E-state index in [1.165, 1.54) is 18.9 Å². The molecule has 0 aromatic heterocycles. The van der Waals surface area contributed by atoms with Gasteiger partial charge in [-0.3, -0.25) is 0 Å². The Kier molecular flexibility index (Phi) is 12.7. The number of carboxylic acid groups (broad SMARTS) is 1. The minimum atomic E-state index is -0.974. The first kappa shape index (κ1) is 23.3. The second kappa shape index (κ2) is 13.6. The average molecular weight is 356 g/mol. The molecule has 1 N–H and O–H groups in total. The zero-order chi connectivity index (χ0) is 19.2. The molecule has 0 aromatic rings. The van der Waals surface area contributed by atoms with Crippen molar-refractivity contribution in [1.82, 2.24) is 0 Å². The summed E-state index contributed by atoms with van der Waals surface area (Å²) in [6.07, 6.45) is 5.81. The van der Waals surface area contributed by atoms with Crippen LogP contribution in [0.15, 0.2) is 24.8 Å². The van der Waals surface area contributed by atoms with Gasteiger partial charge in [-0.15, -0.1) is 0 Å². The molecule has 1 aliphatic heterocycles. The van der Waals surface area contributed by atoms with Crippen molar-refractivity contribution < 1.29 is 28.9 Å². The first-order chi connectivity index (χ1) is 11.8. The summed E-state index contributed by atoms with van der Waals surface area (Å²) in [7, 11) is 0. The average Bonchev–Trinajstić information content (AvgIpc) is 3.00. The molecule has 1 saturated heterocycles. The molecule has 0 amide bonds. The van der Waals surface area contributed by atoms with Gasteiger partial charge in [0.05, 0.1) is 19.3 Å². The zero-order valence-electron chi connectivity index (χ0n) is 15.7. The standard InChI is InChI=1S/C11H20O2.C8H12O4/c1-4-7-8-10(5-2)9-13-11(12)6-3;1-5(8(9)10)3-7-4-11-6(2)12-7/h6,10H,3-5,7-9H2,1-2H3;6-7H,1,3-4H2,2H3,(H,9,10). The number of carboxylic acids is 1. The molecule has 6 heteroatoms. The van der Waals surface area contributed by atoms with E-state index in [2.05, 4.69) is 27.0 Å². The molecule has 0 aliphatic carbocycles. The fraction of sp³-hybridized carbons (Fsp3) is 0.684. The molecule has 1 heterocycles. The molecule has 0 aromatic carbocycles. The molecule has 0 radical (unpaired) electrons. The van der Waals surface area contributed by atoms with Crippen LogP contribution in [0.3, 0.4) is 0 Å². The zero-order valence-corrected chi connectivity index (χ0v) is 15.7. The number of hydrogen-bond acceptors (Lipinski definition) is 5. The van der Waals surface area contributed by atoms with E-state index in [-0.39, 0.29) is 23.9 Å². The normalized spacial score (nSPS) is 20.1. The van der Waals surface area contributed by atoms with Crippen molar-refractivity contribution in [2.45, 2.75) is 65.3 Å². The van der Waals surface area contributed by atoms with Crippen LogP contribution in [-0.2, 0) is 23.8 Å². The fourth-order valence-corrected chi connectivity index (χ4v) is 2.22. The van der Waals surface area contributed by atoms with E-state index in [4.69, 9.17) is 19.3 Å². The van der Waals surface area contributed by atoms with Crippen LogP contribution in [0, 0.1) is 5.92 Å². The summed E-state index contributed by atoms with van der Waals surface area (Å²) in [5.41, 5.74) is 0.165. The van der Waals surface area contributed by atoms with Gasteiger partial charge in [-0.05, 0) is 19.3 Å². The molecule has 0 spiro atoms. The lowest BCUT2D eigenvalue weighted by Crippen LogP contribution is -2.14. The number of esters is 1. The van der Waals surface area contributed by atoms with Crippen LogP contribution < -0.4 is 0 Å². The number of carbonyl (C=O) groups excluding carboxylic acids is 1. The highest BCUT2D eigenvalue weighted by molar-refractivity contribution is 5.85. The van der Waals surface area contributed by atoms with Crippen LogP contribution in [0.4, 0.5) is 0 Å². The van der Waals surface area contributed by atoms with Crippen LogP contribution in [0.5, 0.6) is 0 Å². The van der Waals surface area contributed by atoms with Crippen LogP contribution >= 0.6 is 0 Å². The van der Waals surface area contributed by atoms with Crippen molar-refractivity contribution in [3.63, 3.8) is 0 Å². The van der Waals surface area contributed by atoms with Gasteiger partial charge in [0.15, 0.2) is 6.29 Å². The van der Waals surface area contributed by atoms with E-state index < -0.39 is 5.97 Å². The van der Waals surface area contributed by atoms with Crippen molar-refractivity contribution in [3.8, 4) is 0 Å². The van der Waals surface area contributed by atoms with Crippen molar-refractivity contribution in [3.05, 3.63) is 24.8 Å². The molecule has 1 fully saturated rings. The van der Waals surface area contributed by atoms with E-state index in [1.54, 1.807) is 6.92 Å². The minimum Gasteiger partial charge on any atom is -0.478 e. The van der Waals surface area contributed by atoms with Gasteiger partial charge in [0.2, 0.25) is 0 Å². The molecular formula is C19H32O6. The number of ether oxygens (including phenoxy) is 3. The van der Waals surface area contributed by atoms with Gasteiger partial charge in [-0.2, -0.15) is 0 Å². The first-order valence-corrected chi connectivity index (χ1v) is 8.81. The summed E-state index contributed by atoms with van der Waals surface area (Å²) in [5, 5.41) is 8.51. The molecule has 144 valence electrons. The molecule has 6 nitrogen and oxygen atoms in total. The minimum absolute atomic E-state index is 0.149. The molecule has 25 heavy (non-hydrogen) atoms. The number of hydrogen-bond donors (Lipinski definition) is 1. The fourth-order valence-electron chi connectivity index (χ4n) is 2.22. The molecule has 0 bridgehead atoms. The van der Waals surface area contributed by atoms with Gasteiger partial charge in [-0.25, -0.2) is 9.59 Å². The number of rotatable bonds is 10. The Bertz CT molecular complexity index is 432. The summed E-state index contributed by atoms with van der Waals surface area (Å²) in [5.74, 6) is -0.767. The van der Waals surface area contributed by atoms with Crippen LogP contribution in [0.1, 0.15) is 52.9 Å². The lowest BCUT2D eigenvalue weighted by Gasteiger charge is -2.13. The molecule has 3 unspecified atom stereocenters. The summed E-state index contributed by atoms with van der Waals surface area (Å²) in [6.45, 7) is 13.8. The van der Waals surface area contributed by atoms with E-state index >= 15 is 0 Å². The van der Waals surface area contributed by atoms with E-state index in [1.807, 2.05) is 0 Å². The Morgan fingerprint density at radius 3 is 2.52 bits per heavy atom. The topological polar surface area (TPSA) is 82.1 Å². The smallest absolute Gasteiger partial charge is 0.331 e. The maximum atomic E-state index is 10.8. The van der Waals surface area contributed by atoms with Gasteiger partial charge in [0.1, 0.15) is 0 Å². The van der Waals surface area contributed by atoms with Gasteiger partial charge in [-0.1, -0.05) is 46.3 Å². The van der Waals surface area contributed by atoms with Gasteiger partial charge >= 0.3 is 11.9 Å². The lowest BCUT2D eigenvalue weighted by molar-refractivity contribution is -0.139. The Balaban J connectivity index is 0.000000462. The molecular weight excluding hydrogens is 324 g/mol. The highest BCUT2D eigenvalue weighted by Crippen LogP contribution is 2.17. The predicted octanol–water partition coefficient (Wildman–Crippen LogP) is 3.71. The van der Waals surface area contributed by atoms with E-state index in [9.17, 15) is 9.59 Å². The van der Waals surface area contributed by atoms with Gasteiger partial charge in [0, 0.05) is 18.1 Å². The third-order valence-corrected chi connectivity index (χ3v) is 3.85. The van der Waals surface area contributed by atoms with Gasteiger partial charge < -0.3 is 19.3 Å². The molecule has 1 rings (SSSR count). The van der Waals surface area contributed by atoms with E-state index in [0.29, 0.717) is 25.6 Å². The maximum absolute atomic E-state index is 10.8. The van der Waals surface area contributed by atoms with Crippen molar-refractivity contribution in [2.75, 3.05) is 13.2 Å². The molecule has 1 aliphatic rings.